The summed E-state index contributed by atoms with van der Waals surface area (Å²) in [6.07, 6.45) is 4.30. The molecule has 0 aromatic carbocycles. The summed E-state index contributed by atoms with van der Waals surface area (Å²) in [4.78, 5) is 15.9. The first-order chi connectivity index (χ1) is 10.7. The number of hydrogen-bond donors (Lipinski definition) is 3. The second-order valence-corrected chi connectivity index (χ2v) is 4.84. The Labute approximate surface area is 129 Å². The van der Waals surface area contributed by atoms with Gasteiger partial charge in [0.1, 0.15) is 5.82 Å². The minimum absolute atomic E-state index is 0.281. The summed E-state index contributed by atoms with van der Waals surface area (Å²) in [5.41, 5.74) is 1.13. The third-order valence-corrected chi connectivity index (χ3v) is 2.96. The van der Waals surface area contributed by atoms with Gasteiger partial charge in [-0.3, -0.25) is 10.00 Å². The van der Waals surface area contributed by atoms with Crippen LogP contribution < -0.4 is 16.0 Å². The van der Waals surface area contributed by atoms with Crippen LogP contribution >= 0.6 is 0 Å². The molecule has 0 bridgehead atoms. The summed E-state index contributed by atoms with van der Waals surface area (Å²) >= 11 is 0. The average Bonchev–Trinajstić information content (AvgIpc) is 2.96. The van der Waals surface area contributed by atoms with Crippen LogP contribution in [0.4, 0.5) is 16.4 Å². The lowest BCUT2D eigenvalue weighted by atomic mass is 10.3. The summed E-state index contributed by atoms with van der Waals surface area (Å²) in [5.74, 6) is 1.28. The van der Waals surface area contributed by atoms with E-state index in [1.165, 1.54) is 0 Å². The number of aromatic nitrogens is 4. The molecule has 0 aliphatic heterocycles. The Morgan fingerprint density at radius 3 is 2.82 bits per heavy atom. The Bertz CT molecular complexity index is 593. The molecule has 0 radical (unpaired) electrons. The molecular weight excluding hydrogens is 282 g/mol. The van der Waals surface area contributed by atoms with E-state index < -0.39 is 0 Å². The van der Waals surface area contributed by atoms with Crippen molar-refractivity contribution in [3.8, 4) is 0 Å². The van der Waals surface area contributed by atoms with Crippen LogP contribution in [0.3, 0.4) is 0 Å². The molecule has 3 N–H and O–H groups in total. The molecule has 0 aliphatic carbocycles. The second-order valence-electron chi connectivity index (χ2n) is 4.84. The molecule has 8 heteroatoms. The van der Waals surface area contributed by atoms with Crippen LogP contribution in [0.1, 0.15) is 18.9 Å². The highest BCUT2D eigenvalue weighted by Gasteiger charge is 2.04. The average molecular weight is 303 g/mol. The summed E-state index contributed by atoms with van der Waals surface area (Å²) in [7, 11) is 0. The van der Waals surface area contributed by atoms with Crippen LogP contribution in [0.15, 0.2) is 24.5 Å². The van der Waals surface area contributed by atoms with Crippen molar-refractivity contribution >= 4 is 17.7 Å². The Morgan fingerprint density at radius 2 is 2.14 bits per heavy atom. The molecule has 2 aromatic heterocycles. The highest BCUT2D eigenvalue weighted by atomic mass is 16.2. The molecule has 0 saturated carbocycles. The molecule has 0 aliphatic rings. The predicted octanol–water partition coefficient (Wildman–Crippen LogP) is 1.63. The van der Waals surface area contributed by atoms with E-state index in [9.17, 15) is 4.79 Å². The number of carbonyl (C=O) groups excluding carboxylic acids is 1. The summed E-state index contributed by atoms with van der Waals surface area (Å²) < 4.78 is 1.65. The van der Waals surface area contributed by atoms with Crippen molar-refractivity contribution in [1.29, 1.82) is 0 Å². The Morgan fingerprint density at radius 1 is 1.27 bits per heavy atom. The standard InChI is InChI=1S/C14H21N7O/c1-3-21-10-13(19-20-21)18-14(22)16-8-4-7-15-12-6-5-11(2)9-17-12/h5-6,9-10H,3-4,7-8H2,1-2H3,(H,15,17)(H2,16,18,22). The van der Waals surface area contributed by atoms with Crippen LogP contribution in [0.25, 0.3) is 0 Å². The number of amides is 2. The van der Waals surface area contributed by atoms with Crippen molar-refractivity contribution in [1.82, 2.24) is 25.3 Å². The number of anilines is 2. The van der Waals surface area contributed by atoms with Gasteiger partial charge in [0.05, 0.1) is 6.20 Å². The number of hydrogen-bond acceptors (Lipinski definition) is 5. The number of aryl methyl sites for hydroxylation is 2. The minimum atomic E-state index is -0.281. The molecule has 2 heterocycles. The van der Waals surface area contributed by atoms with Gasteiger partial charge in [-0.25, -0.2) is 9.78 Å². The van der Waals surface area contributed by atoms with Gasteiger partial charge in [-0.1, -0.05) is 11.3 Å². The summed E-state index contributed by atoms with van der Waals surface area (Å²) in [5, 5.41) is 16.3. The molecule has 0 fully saturated rings. The fourth-order valence-electron chi connectivity index (χ4n) is 1.75. The van der Waals surface area contributed by atoms with Crippen LogP contribution in [0.5, 0.6) is 0 Å². The quantitative estimate of drug-likeness (QED) is 0.675. The van der Waals surface area contributed by atoms with Crippen molar-refractivity contribution < 1.29 is 4.79 Å². The molecule has 2 amide bonds. The lowest BCUT2D eigenvalue weighted by molar-refractivity contribution is 0.252. The van der Waals surface area contributed by atoms with Gasteiger partial charge >= 0.3 is 6.03 Å². The molecule has 8 nitrogen and oxygen atoms in total. The highest BCUT2D eigenvalue weighted by molar-refractivity contribution is 5.87. The van der Waals surface area contributed by atoms with Gasteiger partial charge < -0.3 is 10.6 Å². The number of urea groups is 1. The van der Waals surface area contributed by atoms with Gasteiger partial charge in [-0.05, 0) is 31.9 Å². The molecule has 22 heavy (non-hydrogen) atoms. The van der Waals surface area contributed by atoms with Crippen LogP contribution in [0.2, 0.25) is 0 Å². The molecule has 0 spiro atoms. The SMILES string of the molecule is CCn1cc(NC(=O)NCCCNc2ccc(C)cn2)nn1. The van der Waals surface area contributed by atoms with E-state index in [4.69, 9.17) is 0 Å². The molecule has 0 saturated heterocycles. The summed E-state index contributed by atoms with van der Waals surface area (Å²) in [6.45, 7) is 5.97. The number of carbonyl (C=O) groups is 1. The lowest BCUT2D eigenvalue weighted by Gasteiger charge is -2.07. The summed E-state index contributed by atoms with van der Waals surface area (Å²) in [6, 6.07) is 3.66. The van der Waals surface area contributed by atoms with E-state index in [-0.39, 0.29) is 6.03 Å². The number of nitrogens with zero attached hydrogens (tertiary/aromatic N) is 4. The lowest BCUT2D eigenvalue weighted by Crippen LogP contribution is -2.30. The molecule has 118 valence electrons. The van der Waals surface area contributed by atoms with Gasteiger partial charge in [-0.15, -0.1) is 5.10 Å². The Hall–Kier alpha value is -2.64. The predicted molar refractivity (Wildman–Crippen MR) is 84.8 cm³/mol. The van der Waals surface area contributed by atoms with Gasteiger partial charge in [0.25, 0.3) is 0 Å². The number of rotatable bonds is 7. The highest BCUT2D eigenvalue weighted by Crippen LogP contribution is 2.03. The van der Waals surface area contributed by atoms with E-state index in [0.717, 1.165) is 30.9 Å². The third kappa shape index (κ3) is 5.04. The van der Waals surface area contributed by atoms with Crippen molar-refractivity contribution in [3.63, 3.8) is 0 Å². The largest absolute Gasteiger partial charge is 0.370 e. The molecule has 2 rings (SSSR count). The second kappa shape index (κ2) is 7.96. The van der Waals surface area contributed by atoms with Crippen LogP contribution in [0, 0.1) is 6.92 Å². The van der Waals surface area contributed by atoms with Crippen molar-refractivity contribution in [2.45, 2.75) is 26.8 Å². The van der Waals surface area contributed by atoms with Crippen molar-refractivity contribution in [2.24, 2.45) is 0 Å². The monoisotopic (exact) mass is 303 g/mol. The van der Waals surface area contributed by atoms with Gasteiger partial charge in [0.15, 0.2) is 5.82 Å². The fourth-order valence-corrected chi connectivity index (χ4v) is 1.75. The minimum Gasteiger partial charge on any atom is -0.370 e. The topological polar surface area (TPSA) is 96.8 Å². The van der Waals surface area contributed by atoms with Crippen molar-refractivity contribution in [3.05, 3.63) is 30.1 Å². The van der Waals surface area contributed by atoms with E-state index in [0.29, 0.717) is 12.4 Å². The van der Waals surface area contributed by atoms with Crippen molar-refractivity contribution in [2.75, 3.05) is 23.7 Å². The van der Waals surface area contributed by atoms with E-state index in [1.54, 1.807) is 10.9 Å². The zero-order valence-electron chi connectivity index (χ0n) is 12.8. The zero-order valence-corrected chi connectivity index (χ0v) is 12.8. The maximum absolute atomic E-state index is 11.6. The van der Waals surface area contributed by atoms with Crippen LogP contribution in [-0.2, 0) is 6.54 Å². The normalized spacial score (nSPS) is 10.3. The zero-order chi connectivity index (χ0) is 15.8. The first-order valence-corrected chi connectivity index (χ1v) is 7.29. The first-order valence-electron chi connectivity index (χ1n) is 7.29. The van der Waals surface area contributed by atoms with E-state index >= 15 is 0 Å². The Balaban J connectivity index is 1.59. The first kappa shape index (κ1) is 15.7. The van der Waals surface area contributed by atoms with Gasteiger partial charge in [-0.2, -0.15) is 0 Å². The smallest absolute Gasteiger partial charge is 0.320 e. The maximum Gasteiger partial charge on any atom is 0.320 e. The van der Waals surface area contributed by atoms with Gasteiger partial charge in [0.2, 0.25) is 0 Å². The van der Waals surface area contributed by atoms with Gasteiger partial charge in [0, 0.05) is 25.8 Å². The number of nitrogens with one attached hydrogen (secondary N) is 3. The van der Waals surface area contributed by atoms with Crippen LogP contribution in [-0.4, -0.2) is 39.1 Å². The molecule has 0 atom stereocenters. The fraction of sp³-hybridized carbons (Fsp3) is 0.429. The molecule has 0 unspecified atom stereocenters. The maximum atomic E-state index is 11.6. The van der Waals surface area contributed by atoms with E-state index in [2.05, 4.69) is 31.2 Å². The number of pyridine rings is 1. The third-order valence-electron chi connectivity index (χ3n) is 2.96. The Kier molecular flexibility index (Phi) is 5.70. The molecule has 2 aromatic rings. The molecular formula is C14H21N7O. The van der Waals surface area contributed by atoms with E-state index in [1.807, 2.05) is 32.2 Å².